The van der Waals surface area contributed by atoms with Gasteiger partial charge in [0.1, 0.15) is 21.2 Å². The minimum atomic E-state index is -0.176. The van der Waals surface area contributed by atoms with Crippen molar-refractivity contribution in [3.8, 4) is 0 Å². The monoisotopic (exact) mass is 399 g/mol. The van der Waals surface area contributed by atoms with Gasteiger partial charge in [-0.1, -0.05) is 0 Å². The molecule has 138 valence electrons. The van der Waals surface area contributed by atoms with E-state index in [0.717, 1.165) is 21.5 Å². The van der Waals surface area contributed by atoms with Crippen LogP contribution in [0, 0.1) is 20.8 Å². The highest BCUT2D eigenvalue weighted by molar-refractivity contribution is 7.20. The molecule has 9 heteroatoms. The van der Waals surface area contributed by atoms with E-state index < -0.39 is 0 Å². The fraction of sp³-hybridized carbons (Fsp3) is 0.278. The summed E-state index contributed by atoms with van der Waals surface area (Å²) in [4.78, 5) is 44.2. The normalized spacial score (nSPS) is 11.4. The zero-order chi connectivity index (χ0) is 19.3. The number of amides is 1. The van der Waals surface area contributed by atoms with Gasteiger partial charge in [-0.25, -0.2) is 15.0 Å². The molecule has 4 heterocycles. The molecule has 0 unspecified atom stereocenters. The van der Waals surface area contributed by atoms with E-state index in [1.54, 1.807) is 18.0 Å². The minimum absolute atomic E-state index is 0.124. The van der Waals surface area contributed by atoms with Crippen LogP contribution in [0.3, 0.4) is 0 Å². The third kappa shape index (κ3) is 3.02. The Kier molecular flexibility index (Phi) is 4.27. The summed E-state index contributed by atoms with van der Waals surface area (Å²) in [6.07, 6.45) is 0. The van der Waals surface area contributed by atoms with Crippen LogP contribution in [0.15, 0.2) is 16.2 Å². The van der Waals surface area contributed by atoms with Crippen molar-refractivity contribution in [2.75, 3.05) is 7.05 Å². The maximum atomic E-state index is 13.0. The van der Waals surface area contributed by atoms with Gasteiger partial charge in [0, 0.05) is 18.1 Å². The quantitative estimate of drug-likeness (QED) is 0.571. The van der Waals surface area contributed by atoms with Crippen molar-refractivity contribution in [2.45, 2.75) is 27.3 Å². The lowest BCUT2D eigenvalue weighted by Crippen LogP contribution is -2.28. The fourth-order valence-electron chi connectivity index (χ4n) is 3.14. The van der Waals surface area contributed by atoms with Gasteiger partial charge < -0.3 is 9.88 Å². The lowest BCUT2D eigenvalue weighted by atomic mass is 10.1. The highest BCUT2D eigenvalue weighted by Gasteiger charge is 2.22. The van der Waals surface area contributed by atoms with Crippen LogP contribution >= 0.6 is 22.7 Å². The molecule has 0 radical (unpaired) electrons. The summed E-state index contributed by atoms with van der Waals surface area (Å²) in [5, 5.41) is 2.77. The van der Waals surface area contributed by atoms with E-state index in [0.29, 0.717) is 26.7 Å². The number of H-pyrrole nitrogens is 1. The first-order chi connectivity index (χ1) is 12.8. The fourth-order valence-corrected chi connectivity index (χ4v) is 5.14. The number of hydrogen-bond acceptors (Lipinski definition) is 7. The number of carbonyl (C=O) groups excluding carboxylic acids is 1. The molecule has 4 rings (SSSR count). The van der Waals surface area contributed by atoms with Crippen LogP contribution < -0.4 is 5.56 Å². The van der Waals surface area contributed by atoms with E-state index in [9.17, 15) is 9.59 Å². The molecule has 0 aliphatic rings. The standard InChI is InChI=1S/C18H17N5O2S2/c1-8-13-9(2)19-10(3)20-17(13)27-14(8)18(25)23(4)7-12-21-11-5-6-26-15(11)16(24)22-12/h5-6H,7H2,1-4H3,(H,21,22,24). The van der Waals surface area contributed by atoms with E-state index in [1.807, 2.05) is 26.2 Å². The Labute approximate surface area is 162 Å². The van der Waals surface area contributed by atoms with Gasteiger partial charge >= 0.3 is 0 Å². The zero-order valence-electron chi connectivity index (χ0n) is 15.3. The molecule has 0 fully saturated rings. The van der Waals surface area contributed by atoms with Crippen molar-refractivity contribution in [2.24, 2.45) is 0 Å². The molecule has 0 bridgehead atoms. The number of fused-ring (bicyclic) bond motifs is 2. The summed E-state index contributed by atoms with van der Waals surface area (Å²) < 4.78 is 0.595. The number of hydrogen-bond donors (Lipinski definition) is 1. The highest BCUT2D eigenvalue weighted by Crippen LogP contribution is 2.32. The molecule has 1 N–H and O–H groups in total. The van der Waals surface area contributed by atoms with Gasteiger partial charge in [-0.3, -0.25) is 9.59 Å². The van der Waals surface area contributed by atoms with Gasteiger partial charge in [0.05, 0.1) is 16.9 Å². The van der Waals surface area contributed by atoms with Crippen molar-refractivity contribution in [1.29, 1.82) is 0 Å². The van der Waals surface area contributed by atoms with E-state index in [-0.39, 0.29) is 18.0 Å². The number of thiophene rings is 2. The minimum Gasteiger partial charge on any atom is -0.334 e. The van der Waals surface area contributed by atoms with Gasteiger partial charge in [-0.2, -0.15) is 0 Å². The molecule has 27 heavy (non-hydrogen) atoms. The first-order valence-electron chi connectivity index (χ1n) is 8.31. The number of nitrogens with one attached hydrogen (secondary N) is 1. The van der Waals surface area contributed by atoms with Crippen LogP contribution in [0.4, 0.5) is 0 Å². The van der Waals surface area contributed by atoms with Crippen LogP contribution in [0.5, 0.6) is 0 Å². The number of rotatable bonds is 3. The Morgan fingerprint density at radius 1 is 1.22 bits per heavy atom. The average molecular weight is 400 g/mol. The van der Waals surface area contributed by atoms with Crippen molar-refractivity contribution in [1.82, 2.24) is 24.8 Å². The van der Waals surface area contributed by atoms with Crippen molar-refractivity contribution >= 4 is 49.0 Å². The molecule has 0 aliphatic carbocycles. The summed E-state index contributed by atoms with van der Waals surface area (Å²) in [5.74, 6) is 1.03. The van der Waals surface area contributed by atoms with Gasteiger partial charge in [0.15, 0.2) is 0 Å². The molecule has 1 amide bonds. The lowest BCUT2D eigenvalue weighted by Gasteiger charge is -2.16. The number of aromatic amines is 1. The van der Waals surface area contributed by atoms with Crippen LogP contribution in [-0.4, -0.2) is 37.8 Å². The molecule has 7 nitrogen and oxygen atoms in total. The molecule has 0 atom stereocenters. The highest BCUT2D eigenvalue weighted by atomic mass is 32.1. The Morgan fingerprint density at radius 2 is 2.00 bits per heavy atom. The van der Waals surface area contributed by atoms with Crippen molar-refractivity contribution in [3.05, 3.63) is 49.6 Å². The first kappa shape index (κ1) is 17.7. The zero-order valence-corrected chi connectivity index (χ0v) is 16.9. The van der Waals surface area contributed by atoms with Gasteiger partial charge in [-0.15, -0.1) is 22.7 Å². The van der Waals surface area contributed by atoms with Crippen molar-refractivity contribution < 1.29 is 4.79 Å². The smallest absolute Gasteiger partial charge is 0.268 e. The summed E-state index contributed by atoms with van der Waals surface area (Å²) in [7, 11) is 1.70. The number of aromatic nitrogens is 4. The van der Waals surface area contributed by atoms with Crippen LogP contribution in [0.25, 0.3) is 20.4 Å². The Bertz CT molecular complexity index is 1250. The summed E-state index contributed by atoms with van der Waals surface area (Å²) in [6.45, 7) is 5.91. The second-order valence-corrected chi connectivity index (χ2v) is 8.32. The summed E-state index contributed by atoms with van der Waals surface area (Å²) in [6, 6.07) is 1.81. The number of carbonyl (C=O) groups is 1. The topological polar surface area (TPSA) is 91.8 Å². The predicted molar refractivity (Wildman–Crippen MR) is 108 cm³/mol. The van der Waals surface area contributed by atoms with E-state index in [1.165, 1.54) is 22.7 Å². The molecule has 0 saturated heterocycles. The Morgan fingerprint density at radius 3 is 2.78 bits per heavy atom. The molecular weight excluding hydrogens is 382 g/mol. The largest absolute Gasteiger partial charge is 0.334 e. The summed E-state index contributed by atoms with van der Waals surface area (Å²) in [5.41, 5.74) is 2.24. The van der Waals surface area contributed by atoms with Gasteiger partial charge in [-0.05, 0) is 37.8 Å². The molecule has 0 aliphatic heterocycles. The predicted octanol–water partition coefficient (Wildman–Crippen LogP) is 3.19. The Balaban J connectivity index is 1.67. The third-order valence-corrected chi connectivity index (χ3v) is 6.45. The molecule has 0 spiro atoms. The summed E-state index contributed by atoms with van der Waals surface area (Å²) >= 11 is 2.73. The van der Waals surface area contributed by atoms with E-state index >= 15 is 0 Å². The molecule has 4 aromatic rings. The second-order valence-electron chi connectivity index (χ2n) is 6.40. The van der Waals surface area contributed by atoms with Gasteiger partial charge in [0.25, 0.3) is 11.5 Å². The second kappa shape index (κ2) is 6.50. The van der Waals surface area contributed by atoms with Crippen molar-refractivity contribution in [3.63, 3.8) is 0 Å². The third-order valence-electron chi connectivity index (χ3n) is 4.37. The molecule has 0 saturated carbocycles. The first-order valence-corrected chi connectivity index (χ1v) is 10.0. The Hall–Kier alpha value is -2.65. The maximum Gasteiger partial charge on any atom is 0.268 e. The maximum absolute atomic E-state index is 13.0. The van der Waals surface area contributed by atoms with E-state index in [2.05, 4.69) is 19.9 Å². The number of nitrogens with zero attached hydrogens (tertiary/aromatic N) is 4. The molecule has 4 aromatic heterocycles. The average Bonchev–Trinajstić information content (AvgIpc) is 3.19. The molecule has 0 aromatic carbocycles. The van der Waals surface area contributed by atoms with Gasteiger partial charge in [0.2, 0.25) is 0 Å². The molecular formula is C18H17N5O2S2. The van der Waals surface area contributed by atoms with Crippen LogP contribution in [0.2, 0.25) is 0 Å². The van der Waals surface area contributed by atoms with E-state index in [4.69, 9.17) is 0 Å². The van der Waals surface area contributed by atoms with Crippen LogP contribution in [-0.2, 0) is 6.54 Å². The lowest BCUT2D eigenvalue weighted by molar-refractivity contribution is 0.0786. The number of aryl methyl sites for hydroxylation is 3. The SMILES string of the molecule is Cc1nc(C)c2c(C)c(C(=O)N(C)Cc3nc4ccsc4c(=O)[nH]3)sc2n1. The van der Waals surface area contributed by atoms with Crippen LogP contribution in [0.1, 0.15) is 32.6 Å².